The van der Waals surface area contributed by atoms with Gasteiger partial charge in [-0.05, 0) is 18.4 Å². The molecule has 0 amide bonds. The van der Waals surface area contributed by atoms with Crippen molar-refractivity contribution in [3.05, 3.63) is 36.5 Å². The summed E-state index contributed by atoms with van der Waals surface area (Å²) in [5, 5.41) is 18.7. The van der Waals surface area contributed by atoms with Crippen molar-refractivity contribution in [2.24, 2.45) is 5.92 Å². The monoisotopic (exact) mass is 366 g/mol. The van der Waals surface area contributed by atoms with Crippen LogP contribution >= 0.6 is 0 Å². The number of ether oxygens (including phenoxy) is 1. The molecule has 150 valence electrons. The highest BCUT2D eigenvalue weighted by Gasteiger charge is 2.04. The molecule has 0 bridgehead atoms. The van der Waals surface area contributed by atoms with Gasteiger partial charge in [-0.15, -0.1) is 0 Å². The summed E-state index contributed by atoms with van der Waals surface area (Å²) in [7, 11) is 0. The van der Waals surface area contributed by atoms with Gasteiger partial charge in [0.05, 0.1) is 0 Å². The van der Waals surface area contributed by atoms with E-state index < -0.39 is 11.7 Å². The van der Waals surface area contributed by atoms with Gasteiger partial charge in [0.25, 0.3) is 0 Å². The number of hydrogen-bond acceptors (Lipinski definition) is 4. The highest BCUT2D eigenvalue weighted by atomic mass is 16.5. The fourth-order valence-electron chi connectivity index (χ4n) is 2.64. The summed E-state index contributed by atoms with van der Waals surface area (Å²) in [4.78, 5) is 11.5. The first-order valence-electron chi connectivity index (χ1n) is 10.1. The molecule has 0 aromatic heterocycles. The predicted octanol–water partition coefficient (Wildman–Crippen LogP) is 6.89. The second-order valence-corrected chi connectivity index (χ2v) is 7.01. The number of unbranched alkanes of at least 4 members (excludes halogenated alkanes) is 8. The third-order valence-corrected chi connectivity index (χ3v) is 4.61. The van der Waals surface area contributed by atoms with Crippen LogP contribution in [0.2, 0.25) is 0 Å². The molecule has 1 unspecified atom stereocenters. The third-order valence-electron chi connectivity index (χ3n) is 4.61. The summed E-state index contributed by atoms with van der Waals surface area (Å²) in [5.74, 6) is -0.394. The molecule has 0 saturated carbocycles. The first-order valence-corrected chi connectivity index (χ1v) is 10.1. The van der Waals surface area contributed by atoms with E-state index >= 15 is 0 Å². The van der Waals surface area contributed by atoms with Crippen molar-refractivity contribution in [2.45, 2.75) is 90.9 Å². The molecule has 0 radical (unpaired) electrons. The zero-order valence-electron chi connectivity index (χ0n) is 16.7. The topological polar surface area (TPSA) is 66.8 Å². The van der Waals surface area contributed by atoms with Crippen LogP contribution in [-0.2, 0) is 9.53 Å². The van der Waals surface area contributed by atoms with Crippen LogP contribution in [0.25, 0.3) is 0 Å². The van der Waals surface area contributed by atoms with Crippen LogP contribution in [0.1, 0.15) is 90.9 Å². The molecule has 0 heterocycles. The Balaban J connectivity index is 3.50. The van der Waals surface area contributed by atoms with E-state index in [1.54, 1.807) is 0 Å². The zero-order chi connectivity index (χ0) is 19.6. The fraction of sp³-hybridized carbons (Fsp3) is 0.682. The SMILES string of the molecule is C=C/C=C(O)\C(O)=C\OC(=O)CCCCCCCCCCCC(C)CC. The van der Waals surface area contributed by atoms with Gasteiger partial charge in [-0.25, -0.2) is 0 Å². The van der Waals surface area contributed by atoms with Crippen molar-refractivity contribution in [1.82, 2.24) is 0 Å². The zero-order valence-corrected chi connectivity index (χ0v) is 16.7. The number of rotatable bonds is 16. The van der Waals surface area contributed by atoms with Crippen molar-refractivity contribution in [3.63, 3.8) is 0 Å². The van der Waals surface area contributed by atoms with E-state index in [-0.39, 0.29) is 5.76 Å². The van der Waals surface area contributed by atoms with Crippen LogP contribution in [0.5, 0.6) is 0 Å². The minimum Gasteiger partial charge on any atom is -0.504 e. The van der Waals surface area contributed by atoms with Gasteiger partial charge in [0.15, 0.2) is 11.5 Å². The Morgan fingerprint density at radius 1 is 0.962 bits per heavy atom. The van der Waals surface area contributed by atoms with Crippen LogP contribution in [-0.4, -0.2) is 16.2 Å². The summed E-state index contributed by atoms with van der Waals surface area (Å²) < 4.78 is 4.79. The highest BCUT2D eigenvalue weighted by molar-refractivity contribution is 5.70. The third kappa shape index (κ3) is 14.6. The van der Waals surface area contributed by atoms with Crippen molar-refractivity contribution < 1.29 is 19.7 Å². The van der Waals surface area contributed by atoms with Gasteiger partial charge in [0.1, 0.15) is 6.26 Å². The molecule has 0 fully saturated rings. The molecule has 4 heteroatoms. The number of aliphatic hydroxyl groups is 2. The Hall–Kier alpha value is -1.71. The van der Waals surface area contributed by atoms with E-state index in [1.807, 2.05) is 0 Å². The summed E-state index contributed by atoms with van der Waals surface area (Å²) in [6.45, 7) is 7.99. The Kier molecular flexibility index (Phi) is 15.6. The summed E-state index contributed by atoms with van der Waals surface area (Å²) in [6, 6.07) is 0. The van der Waals surface area contributed by atoms with Crippen LogP contribution in [0.4, 0.5) is 0 Å². The molecule has 2 N–H and O–H groups in total. The summed E-state index contributed by atoms with van der Waals surface area (Å²) in [5.41, 5.74) is 0. The molecule has 0 aromatic rings. The van der Waals surface area contributed by atoms with E-state index in [0.717, 1.165) is 31.4 Å². The molecule has 0 rings (SSSR count). The van der Waals surface area contributed by atoms with Crippen LogP contribution in [0.15, 0.2) is 36.5 Å². The number of aliphatic hydroxyl groups excluding tert-OH is 2. The Morgan fingerprint density at radius 3 is 2.04 bits per heavy atom. The number of allylic oxidation sites excluding steroid dienone is 2. The second-order valence-electron chi connectivity index (χ2n) is 7.01. The highest BCUT2D eigenvalue weighted by Crippen LogP contribution is 2.15. The first kappa shape index (κ1) is 24.3. The maximum atomic E-state index is 11.5. The van der Waals surface area contributed by atoms with Gasteiger partial charge in [-0.3, -0.25) is 4.79 Å². The minimum absolute atomic E-state index is 0.325. The Morgan fingerprint density at radius 2 is 1.50 bits per heavy atom. The second kappa shape index (κ2) is 16.7. The molecule has 26 heavy (non-hydrogen) atoms. The summed E-state index contributed by atoms with van der Waals surface area (Å²) in [6.07, 6.45) is 17.2. The van der Waals surface area contributed by atoms with Crippen molar-refractivity contribution in [2.75, 3.05) is 0 Å². The lowest BCUT2D eigenvalue weighted by Crippen LogP contribution is -2.01. The molecule has 0 spiro atoms. The van der Waals surface area contributed by atoms with E-state index in [1.165, 1.54) is 63.5 Å². The van der Waals surface area contributed by atoms with Crippen molar-refractivity contribution in [1.29, 1.82) is 0 Å². The largest absolute Gasteiger partial charge is 0.504 e. The van der Waals surface area contributed by atoms with E-state index in [4.69, 9.17) is 4.74 Å². The maximum Gasteiger partial charge on any atom is 0.310 e. The number of esters is 1. The molecular formula is C22H38O4. The van der Waals surface area contributed by atoms with Gasteiger partial charge < -0.3 is 14.9 Å². The molecule has 0 saturated heterocycles. The summed E-state index contributed by atoms with van der Waals surface area (Å²) >= 11 is 0. The average Bonchev–Trinajstić information content (AvgIpc) is 2.63. The molecular weight excluding hydrogens is 328 g/mol. The molecule has 0 aliphatic heterocycles. The lowest BCUT2D eigenvalue weighted by atomic mass is 9.99. The average molecular weight is 367 g/mol. The molecule has 1 atom stereocenters. The number of carbonyl (C=O) groups is 1. The molecule has 0 aliphatic rings. The van der Waals surface area contributed by atoms with Crippen molar-refractivity contribution >= 4 is 5.97 Å². The molecule has 0 aliphatic carbocycles. The maximum absolute atomic E-state index is 11.5. The van der Waals surface area contributed by atoms with E-state index in [0.29, 0.717) is 6.42 Å². The van der Waals surface area contributed by atoms with Crippen LogP contribution in [0, 0.1) is 5.92 Å². The van der Waals surface area contributed by atoms with Crippen molar-refractivity contribution in [3.8, 4) is 0 Å². The lowest BCUT2D eigenvalue weighted by molar-refractivity contribution is -0.138. The Labute approximate surface area is 159 Å². The Bertz CT molecular complexity index is 437. The van der Waals surface area contributed by atoms with Gasteiger partial charge in [-0.2, -0.15) is 0 Å². The first-order chi connectivity index (χ1) is 12.5. The van der Waals surface area contributed by atoms with Crippen LogP contribution < -0.4 is 0 Å². The van der Waals surface area contributed by atoms with Gasteiger partial charge >= 0.3 is 5.97 Å². The van der Waals surface area contributed by atoms with E-state index in [9.17, 15) is 15.0 Å². The van der Waals surface area contributed by atoms with E-state index in [2.05, 4.69) is 20.4 Å². The number of hydrogen-bond donors (Lipinski definition) is 2. The smallest absolute Gasteiger partial charge is 0.310 e. The molecule has 4 nitrogen and oxygen atoms in total. The number of carbonyl (C=O) groups excluding carboxylic acids is 1. The minimum atomic E-state index is -0.484. The van der Waals surface area contributed by atoms with Crippen LogP contribution in [0.3, 0.4) is 0 Å². The van der Waals surface area contributed by atoms with Gasteiger partial charge in [0.2, 0.25) is 0 Å². The standard InChI is InChI=1S/C22H38O4/c1-4-15-20(23)21(24)18-26-22(25)17-14-12-10-8-6-7-9-11-13-16-19(3)5-2/h4,15,18-19,23-24H,1,5-14,16-17H2,2-3H3/b20-15+,21-18-. The van der Waals surface area contributed by atoms with Gasteiger partial charge in [0, 0.05) is 6.42 Å². The lowest BCUT2D eigenvalue weighted by Gasteiger charge is -2.07. The normalized spacial score (nSPS) is 13.5. The molecule has 0 aromatic carbocycles. The predicted molar refractivity (Wildman–Crippen MR) is 108 cm³/mol. The quantitative estimate of drug-likeness (QED) is 0.135. The fourth-order valence-corrected chi connectivity index (χ4v) is 2.64. The van der Waals surface area contributed by atoms with Gasteiger partial charge in [-0.1, -0.05) is 90.7 Å².